The number of hydrogen-bond acceptors (Lipinski definition) is 9. The zero-order valence-electron chi connectivity index (χ0n) is 14.9. The van der Waals surface area contributed by atoms with Crippen molar-refractivity contribution in [2.75, 3.05) is 5.32 Å². The standard InChI is InChI=1S/C17H12ClN9O2/c1-10(28)13(16(29)24-12-4-2-5-20-14(12)18)25-26-15-11(8-19)9-23-27(15)17-21-6-3-7-22-17/h2-7,9,13H,1H3,(H,24,29). The van der Waals surface area contributed by atoms with Gasteiger partial charge in [-0.1, -0.05) is 11.6 Å². The summed E-state index contributed by atoms with van der Waals surface area (Å²) in [5, 5.41) is 23.6. The number of aromatic nitrogens is 5. The van der Waals surface area contributed by atoms with Gasteiger partial charge in [0.25, 0.3) is 11.9 Å². The Morgan fingerprint density at radius 1 is 1.24 bits per heavy atom. The van der Waals surface area contributed by atoms with Crippen molar-refractivity contribution in [3.63, 3.8) is 0 Å². The molecule has 11 nitrogen and oxygen atoms in total. The van der Waals surface area contributed by atoms with E-state index >= 15 is 0 Å². The van der Waals surface area contributed by atoms with Crippen LogP contribution < -0.4 is 5.32 Å². The number of hydrogen-bond donors (Lipinski definition) is 1. The van der Waals surface area contributed by atoms with E-state index in [9.17, 15) is 14.9 Å². The Morgan fingerprint density at radius 2 is 1.97 bits per heavy atom. The summed E-state index contributed by atoms with van der Waals surface area (Å²) in [7, 11) is 0. The fraction of sp³-hybridized carbons (Fsp3) is 0.118. The molecular weight excluding hydrogens is 398 g/mol. The van der Waals surface area contributed by atoms with Crippen LogP contribution in [0.1, 0.15) is 12.5 Å². The third kappa shape index (κ3) is 4.45. The van der Waals surface area contributed by atoms with Gasteiger partial charge in [-0.3, -0.25) is 9.59 Å². The summed E-state index contributed by atoms with van der Waals surface area (Å²) in [5.74, 6) is -1.19. The van der Waals surface area contributed by atoms with Gasteiger partial charge in [0.2, 0.25) is 6.04 Å². The molecule has 0 aliphatic carbocycles. The number of amides is 1. The largest absolute Gasteiger partial charge is 0.321 e. The van der Waals surface area contributed by atoms with Gasteiger partial charge in [0, 0.05) is 18.6 Å². The Bertz CT molecular complexity index is 1120. The van der Waals surface area contributed by atoms with E-state index < -0.39 is 17.7 Å². The number of nitriles is 1. The van der Waals surface area contributed by atoms with Crippen LogP contribution in [0, 0.1) is 11.3 Å². The van der Waals surface area contributed by atoms with Gasteiger partial charge < -0.3 is 5.32 Å². The van der Waals surface area contributed by atoms with Crippen molar-refractivity contribution >= 4 is 34.8 Å². The van der Waals surface area contributed by atoms with E-state index in [0.29, 0.717) is 0 Å². The molecule has 0 radical (unpaired) electrons. The maximum atomic E-state index is 12.5. The molecule has 0 bridgehead atoms. The Morgan fingerprint density at radius 3 is 2.62 bits per heavy atom. The van der Waals surface area contributed by atoms with Crippen molar-refractivity contribution in [1.82, 2.24) is 24.7 Å². The zero-order valence-corrected chi connectivity index (χ0v) is 15.6. The van der Waals surface area contributed by atoms with Crippen LogP contribution in [0.2, 0.25) is 5.15 Å². The van der Waals surface area contributed by atoms with Crippen LogP contribution in [0.5, 0.6) is 0 Å². The molecule has 29 heavy (non-hydrogen) atoms. The van der Waals surface area contributed by atoms with E-state index in [-0.39, 0.29) is 28.2 Å². The predicted molar refractivity (Wildman–Crippen MR) is 101 cm³/mol. The highest BCUT2D eigenvalue weighted by Gasteiger charge is 2.25. The van der Waals surface area contributed by atoms with Gasteiger partial charge in [0.1, 0.15) is 11.6 Å². The Balaban J connectivity index is 1.91. The monoisotopic (exact) mass is 409 g/mol. The maximum Gasteiger partial charge on any atom is 0.258 e. The highest BCUT2D eigenvalue weighted by molar-refractivity contribution is 6.32. The predicted octanol–water partition coefficient (Wildman–Crippen LogP) is 2.26. The molecule has 1 unspecified atom stereocenters. The Kier molecular flexibility index (Phi) is 5.96. The number of anilines is 1. The lowest BCUT2D eigenvalue weighted by Crippen LogP contribution is -2.32. The molecule has 0 spiro atoms. The second kappa shape index (κ2) is 8.77. The SMILES string of the molecule is CC(=O)C(N=Nc1c(C#N)cnn1-c1ncccn1)C(=O)Nc1cccnc1Cl. The van der Waals surface area contributed by atoms with Gasteiger partial charge in [0.15, 0.2) is 16.8 Å². The van der Waals surface area contributed by atoms with Crippen LogP contribution in [-0.2, 0) is 9.59 Å². The molecule has 144 valence electrons. The van der Waals surface area contributed by atoms with Gasteiger partial charge in [0.05, 0.1) is 11.9 Å². The second-order valence-electron chi connectivity index (χ2n) is 5.51. The number of carbonyl (C=O) groups is 2. The van der Waals surface area contributed by atoms with E-state index in [1.54, 1.807) is 12.1 Å². The number of azo groups is 1. The summed E-state index contributed by atoms with van der Waals surface area (Å²) in [6, 6.07) is 5.15. The first-order chi connectivity index (χ1) is 14.0. The molecule has 3 aromatic rings. The van der Waals surface area contributed by atoms with E-state index in [1.807, 2.05) is 6.07 Å². The summed E-state index contributed by atoms with van der Waals surface area (Å²) in [5.41, 5.74) is 0.292. The average Bonchev–Trinajstić information content (AvgIpc) is 3.13. The fourth-order valence-electron chi connectivity index (χ4n) is 2.18. The third-order valence-corrected chi connectivity index (χ3v) is 3.83. The van der Waals surface area contributed by atoms with Gasteiger partial charge in [-0.15, -0.1) is 5.11 Å². The topological polar surface area (TPSA) is 151 Å². The normalized spacial score (nSPS) is 11.8. The molecule has 12 heteroatoms. The van der Waals surface area contributed by atoms with Gasteiger partial charge >= 0.3 is 0 Å². The Labute approximate surface area is 169 Å². The molecule has 3 aromatic heterocycles. The van der Waals surface area contributed by atoms with Crippen molar-refractivity contribution < 1.29 is 9.59 Å². The van der Waals surface area contributed by atoms with Crippen LogP contribution in [0.4, 0.5) is 11.5 Å². The molecular formula is C17H12ClN9O2. The summed E-state index contributed by atoms with van der Waals surface area (Å²) in [4.78, 5) is 36.3. The number of rotatable bonds is 6. The minimum absolute atomic E-state index is 0.0165. The third-order valence-electron chi connectivity index (χ3n) is 3.52. The highest BCUT2D eigenvalue weighted by Crippen LogP contribution is 2.22. The first-order valence-corrected chi connectivity index (χ1v) is 8.47. The van der Waals surface area contributed by atoms with E-state index in [4.69, 9.17) is 11.6 Å². The molecule has 1 atom stereocenters. The van der Waals surface area contributed by atoms with E-state index in [0.717, 1.165) is 0 Å². The zero-order chi connectivity index (χ0) is 20.8. The first kappa shape index (κ1) is 19.7. The van der Waals surface area contributed by atoms with Gasteiger partial charge in [-0.25, -0.2) is 15.0 Å². The molecule has 0 fully saturated rings. The lowest BCUT2D eigenvalue weighted by molar-refractivity contribution is -0.126. The van der Waals surface area contributed by atoms with Gasteiger partial charge in [-0.2, -0.15) is 20.2 Å². The fourth-order valence-corrected chi connectivity index (χ4v) is 2.34. The molecule has 1 N–H and O–H groups in total. The number of pyridine rings is 1. The van der Waals surface area contributed by atoms with Crippen LogP contribution in [0.25, 0.3) is 5.95 Å². The smallest absolute Gasteiger partial charge is 0.258 e. The molecule has 0 aliphatic rings. The highest BCUT2D eigenvalue weighted by atomic mass is 35.5. The lowest BCUT2D eigenvalue weighted by Gasteiger charge is -2.10. The molecule has 0 aliphatic heterocycles. The number of Topliss-reactive ketones (excluding diaryl/α,β-unsaturated/α-hetero) is 1. The molecule has 0 aromatic carbocycles. The van der Waals surface area contributed by atoms with E-state index in [1.165, 1.54) is 42.5 Å². The van der Waals surface area contributed by atoms with Gasteiger partial charge in [-0.05, 0) is 25.1 Å². The lowest BCUT2D eigenvalue weighted by atomic mass is 10.2. The van der Waals surface area contributed by atoms with Crippen LogP contribution in [-0.4, -0.2) is 42.5 Å². The van der Waals surface area contributed by atoms with Crippen molar-refractivity contribution in [2.45, 2.75) is 13.0 Å². The summed E-state index contributed by atoms with van der Waals surface area (Å²) in [6.07, 6.45) is 5.68. The van der Waals surface area contributed by atoms with Crippen molar-refractivity contribution in [1.29, 1.82) is 5.26 Å². The van der Waals surface area contributed by atoms with Crippen LogP contribution in [0.15, 0.2) is 53.2 Å². The minimum Gasteiger partial charge on any atom is -0.321 e. The number of nitrogens with one attached hydrogen (secondary N) is 1. The molecule has 0 saturated carbocycles. The van der Waals surface area contributed by atoms with Crippen molar-refractivity contribution in [3.8, 4) is 12.0 Å². The number of carbonyl (C=O) groups excluding carboxylic acids is 2. The van der Waals surface area contributed by atoms with Crippen molar-refractivity contribution in [2.24, 2.45) is 10.2 Å². The maximum absolute atomic E-state index is 12.5. The molecule has 0 saturated heterocycles. The molecule has 1 amide bonds. The minimum atomic E-state index is -1.47. The first-order valence-electron chi connectivity index (χ1n) is 8.09. The summed E-state index contributed by atoms with van der Waals surface area (Å²) < 4.78 is 1.18. The van der Waals surface area contributed by atoms with Crippen LogP contribution >= 0.6 is 11.6 Å². The summed E-state index contributed by atoms with van der Waals surface area (Å²) >= 11 is 5.91. The Hall–Kier alpha value is -4.04. The van der Waals surface area contributed by atoms with Crippen LogP contribution in [0.3, 0.4) is 0 Å². The van der Waals surface area contributed by atoms with E-state index in [2.05, 4.69) is 35.6 Å². The number of halogens is 1. The average molecular weight is 410 g/mol. The second-order valence-corrected chi connectivity index (χ2v) is 5.87. The molecule has 3 heterocycles. The summed E-state index contributed by atoms with van der Waals surface area (Å²) in [6.45, 7) is 1.19. The quantitative estimate of drug-likeness (QED) is 0.372. The van der Waals surface area contributed by atoms with Crippen molar-refractivity contribution in [3.05, 3.63) is 53.7 Å². The number of ketones is 1. The number of nitrogens with zero attached hydrogens (tertiary/aromatic N) is 8. The molecule has 3 rings (SSSR count).